The third kappa shape index (κ3) is 3.53. The lowest BCUT2D eigenvalue weighted by atomic mass is 10.0. The van der Waals surface area contributed by atoms with Crippen LogP contribution in [-0.2, 0) is 4.79 Å². The van der Waals surface area contributed by atoms with Crippen molar-refractivity contribution in [1.29, 1.82) is 0 Å². The van der Waals surface area contributed by atoms with E-state index in [-0.39, 0.29) is 0 Å². The van der Waals surface area contributed by atoms with Crippen molar-refractivity contribution in [2.24, 2.45) is 0 Å². The van der Waals surface area contributed by atoms with E-state index < -0.39 is 12.1 Å². The number of hydrogen-bond acceptors (Lipinski definition) is 2. The summed E-state index contributed by atoms with van der Waals surface area (Å²) in [5.41, 5.74) is 2.82. The molecule has 3 nitrogen and oxygen atoms in total. The molecule has 3 heteroatoms. The minimum atomic E-state index is -1.07. The van der Waals surface area contributed by atoms with Gasteiger partial charge in [0.05, 0.1) is 6.10 Å². The summed E-state index contributed by atoms with van der Waals surface area (Å²) in [6, 6.07) is 17.3. The van der Waals surface area contributed by atoms with Gasteiger partial charge in [0.15, 0.2) is 0 Å². The highest BCUT2D eigenvalue weighted by atomic mass is 16.4. The molecule has 0 bridgehead atoms. The molecule has 0 aliphatic carbocycles. The normalized spacial score (nSPS) is 12.5. The van der Waals surface area contributed by atoms with Gasteiger partial charge < -0.3 is 10.2 Å². The van der Waals surface area contributed by atoms with Gasteiger partial charge in [-0.3, -0.25) is 0 Å². The molecule has 1 atom stereocenters. The third-order valence-corrected chi connectivity index (χ3v) is 2.78. The van der Waals surface area contributed by atoms with Crippen LogP contribution in [-0.4, -0.2) is 16.2 Å². The molecule has 0 aromatic heterocycles. The molecule has 19 heavy (non-hydrogen) atoms. The second kappa shape index (κ2) is 5.98. The zero-order chi connectivity index (χ0) is 13.7. The van der Waals surface area contributed by atoms with Gasteiger partial charge in [0.1, 0.15) is 0 Å². The molecule has 2 N–H and O–H groups in total. The van der Waals surface area contributed by atoms with Crippen molar-refractivity contribution in [3.63, 3.8) is 0 Å². The van der Waals surface area contributed by atoms with Crippen LogP contribution < -0.4 is 0 Å². The Balaban J connectivity index is 2.17. The summed E-state index contributed by atoms with van der Waals surface area (Å²) < 4.78 is 0. The van der Waals surface area contributed by atoms with E-state index in [1.165, 1.54) is 6.08 Å². The number of carboxylic acids is 1. The number of aliphatic carboxylic acids is 1. The fraction of sp³-hybridized carbons (Fsp3) is 0.0625. The molecule has 0 amide bonds. The average molecular weight is 254 g/mol. The maximum atomic E-state index is 10.4. The lowest BCUT2D eigenvalue weighted by Crippen LogP contribution is -1.95. The van der Waals surface area contributed by atoms with Crippen LogP contribution in [0.1, 0.15) is 11.7 Å². The Morgan fingerprint density at radius 2 is 1.53 bits per heavy atom. The molecule has 2 aromatic carbocycles. The Labute approximate surface area is 111 Å². The van der Waals surface area contributed by atoms with Gasteiger partial charge >= 0.3 is 5.97 Å². The largest absolute Gasteiger partial charge is 0.478 e. The number of hydrogen-bond donors (Lipinski definition) is 2. The standard InChI is InChI=1S/C16H14O3/c17-15(10-11-16(18)19)14-8-6-13(7-9-14)12-4-2-1-3-5-12/h1-11,15,17H,(H,18,19)/b11-10+. The Morgan fingerprint density at radius 3 is 2.11 bits per heavy atom. The zero-order valence-electron chi connectivity index (χ0n) is 10.2. The molecule has 0 aliphatic rings. The van der Waals surface area contributed by atoms with Crippen LogP contribution in [0.5, 0.6) is 0 Å². The molecule has 2 aromatic rings. The van der Waals surface area contributed by atoms with Crippen molar-refractivity contribution < 1.29 is 15.0 Å². The Hall–Kier alpha value is -2.39. The van der Waals surface area contributed by atoms with Crippen LogP contribution in [0.3, 0.4) is 0 Å². The monoisotopic (exact) mass is 254 g/mol. The van der Waals surface area contributed by atoms with Crippen molar-refractivity contribution in [3.05, 3.63) is 72.3 Å². The molecule has 2 rings (SSSR count). The zero-order valence-corrected chi connectivity index (χ0v) is 10.2. The molecule has 0 radical (unpaired) electrons. The molecule has 0 spiro atoms. The third-order valence-electron chi connectivity index (χ3n) is 2.78. The van der Waals surface area contributed by atoms with Gasteiger partial charge in [-0.05, 0) is 22.8 Å². The molecule has 0 heterocycles. The van der Waals surface area contributed by atoms with Gasteiger partial charge in [-0.1, -0.05) is 54.6 Å². The van der Waals surface area contributed by atoms with Crippen LogP contribution in [0.15, 0.2) is 66.7 Å². The Bertz CT molecular complexity index is 571. The molecular weight excluding hydrogens is 240 g/mol. The van der Waals surface area contributed by atoms with E-state index >= 15 is 0 Å². The smallest absolute Gasteiger partial charge is 0.328 e. The van der Waals surface area contributed by atoms with Crippen molar-refractivity contribution >= 4 is 5.97 Å². The van der Waals surface area contributed by atoms with Gasteiger partial charge in [-0.2, -0.15) is 0 Å². The molecule has 0 aliphatic heterocycles. The van der Waals surface area contributed by atoms with Crippen molar-refractivity contribution in [1.82, 2.24) is 0 Å². The van der Waals surface area contributed by atoms with E-state index in [1.807, 2.05) is 42.5 Å². The van der Waals surface area contributed by atoms with E-state index in [0.717, 1.165) is 17.2 Å². The first-order valence-corrected chi connectivity index (χ1v) is 5.91. The molecular formula is C16H14O3. The molecule has 96 valence electrons. The van der Waals surface area contributed by atoms with E-state index in [1.54, 1.807) is 12.1 Å². The summed E-state index contributed by atoms with van der Waals surface area (Å²) in [5, 5.41) is 18.3. The lowest BCUT2D eigenvalue weighted by Gasteiger charge is -2.07. The predicted molar refractivity (Wildman–Crippen MR) is 73.6 cm³/mol. The van der Waals surface area contributed by atoms with Crippen molar-refractivity contribution in [2.45, 2.75) is 6.10 Å². The first-order valence-electron chi connectivity index (χ1n) is 5.91. The summed E-state index contributed by atoms with van der Waals surface area (Å²) in [5.74, 6) is -1.07. The van der Waals surface area contributed by atoms with E-state index in [0.29, 0.717) is 5.56 Å². The van der Waals surface area contributed by atoms with E-state index in [4.69, 9.17) is 5.11 Å². The second-order valence-electron chi connectivity index (χ2n) is 4.13. The van der Waals surface area contributed by atoms with Gasteiger partial charge in [0.2, 0.25) is 0 Å². The minimum Gasteiger partial charge on any atom is -0.478 e. The Kier molecular flexibility index (Phi) is 4.11. The van der Waals surface area contributed by atoms with Gasteiger partial charge in [0, 0.05) is 6.08 Å². The fourth-order valence-corrected chi connectivity index (χ4v) is 1.79. The molecule has 0 fully saturated rings. The molecule has 1 unspecified atom stereocenters. The quantitative estimate of drug-likeness (QED) is 0.824. The average Bonchev–Trinajstić information content (AvgIpc) is 2.46. The Morgan fingerprint density at radius 1 is 0.947 bits per heavy atom. The van der Waals surface area contributed by atoms with Crippen LogP contribution >= 0.6 is 0 Å². The van der Waals surface area contributed by atoms with Crippen molar-refractivity contribution in [3.8, 4) is 11.1 Å². The first kappa shape index (κ1) is 13.1. The van der Waals surface area contributed by atoms with Crippen molar-refractivity contribution in [2.75, 3.05) is 0 Å². The summed E-state index contributed by atoms with van der Waals surface area (Å²) in [7, 11) is 0. The highest BCUT2D eigenvalue weighted by molar-refractivity contribution is 5.79. The van der Waals surface area contributed by atoms with E-state index in [2.05, 4.69) is 0 Å². The van der Waals surface area contributed by atoms with Crippen LogP contribution in [0.4, 0.5) is 0 Å². The highest BCUT2D eigenvalue weighted by Gasteiger charge is 2.04. The summed E-state index contributed by atoms with van der Waals surface area (Å²) >= 11 is 0. The number of aliphatic hydroxyl groups is 1. The summed E-state index contributed by atoms with van der Waals surface area (Å²) in [6.07, 6.45) is 1.29. The predicted octanol–water partition coefficient (Wildman–Crippen LogP) is 3.03. The van der Waals surface area contributed by atoms with Crippen LogP contribution in [0.25, 0.3) is 11.1 Å². The molecule has 0 saturated heterocycles. The minimum absolute atomic E-state index is 0.664. The highest BCUT2D eigenvalue weighted by Crippen LogP contribution is 2.22. The van der Waals surface area contributed by atoms with Gasteiger partial charge in [-0.15, -0.1) is 0 Å². The first-order chi connectivity index (χ1) is 9.16. The SMILES string of the molecule is O=C(O)/C=C/C(O)c1ccc(-c2ccccc2)cc1. The topological polar surface area (TPSA) is 57.5 Å². The van der Waals surface area contributed by atoms with Crippen LogP contribution in [0, 0.1) is 0 Å². The number of rotatable bonds is 4. The lowest BCUT2D eigenvalue weighted by molar-refractivity contribution is -0.131. The maximum Gasteiger partial charge on any atom is 0.328 e. The van der Waals surface area contributed by atoms with E-state index in [9.17, 15) is 9.90 Å². The van der Waals surface area contributed by atoms with Gasteiger partial charge in [0.25, 0.3) is 0 Å². The fourth-order valence-electron chi connectivity index (χ4n) is 1.79. The molecule has 0 saturated carbocycles. The number of carbonyl (C=O) groups is 1. The van der Waals surface area contributed by atoms with Gasteiger partial charge in [-0.25, -0.2) is 4.79 Å². The summed E-state index contributed by atoms with van der Waals surface area (Å²) in [4.78, 5) is 10.4. The second-order valence-corrected chi connectivity index (χ2v) is 4.13. The summed E-state index contributed by atoms with van der Waals surface area (Å²) in [6.45, 7) is 0. The number of carboxylic acid groups (broad SMARTS) is 1. The maximum absolute atomic E-state index is 10.4. The number of aliphatic hydroxyl groups excluding tert-OH is 1. The van der Waals surface area contributed by atoms with Crippen LogP contribution in [0.2, 0.25) is 0 Å². The number of benzene rings is 2.